The van der Waals surface area contributed by atoms with Crippen LogP contribution < -0.4 is 20.3 Å². The number of fused-ring (bicyclic) bond motifs is 1. The normalized spacial score (nSPS) is 22.0. The highest BCUT2D eigenvalue weighted by Crippen LogP contribution is 2.37. The molecule has 3 unspecified atom stereocenters. The molecule has 1 aliphatic carbocycles. The first-order chi connectivity index (χ1) is 14.5. The second-order valence-corrected chi connectivity index (χ2v) is 7.82. The number of hydroxylamine groups is 1. The number of ether oxygens (including phenoxy) is 2. The van der Waals surface area contributed by atoms with Gasteiger partial charge in [-0.3, -0.25) is 9.59 Å². The van der Waals surface area contributed by atoms with Gasteiger partial charge in [0.25, 0.3) is 0 Å². The molecule has 8 nitrogen and oxygen atoms in total. The Morgan fingerprint density at radius 1 is 1.30 bits per heavy atom. The number of nitrogens with zero attached hydrogens (tertiary/aromatic N) is 1. The third-order valence-electron chi connectivity index (χ3n) is 5.91. The quantitative estimate of drug-likeness (QED) is 0.669. The van der Waals surface area contributed by atoms with Crippen LogP contribution in [0.3, 0.4) is 0 Å². The number of methoxy groups -OCH3 is 1. The van der Waals surface area contributed by atoms with Gasteiger partial charge in [-0.15, -0.1) is 0 Å². The molecule has 2 aliphatic rings. The highest BCUT2D eigenvalue weighted by Gasteiger charge is 2.45. The number of carbonyl (C=O) groups excluding carboxylic acids is 2. The van der Waals surface area contributed by atoms with Gasteiger partial charge in [0.1, 0.15) is 0 Å². The molecule has 3 N–H and O–H groups in total. The maximum absolute atomic E-state index is 13.0. The van der Waals surface area contributed by atoms with E-state index < -0.39 is 17.9 Å². The van der Waals surface area contributed by atoms with Crippen LogP contribution in [0.2, 0.25) is 0 Å². The lowest BCUT2D eigenvalue weighted by atomic mass is 9.86. The summed E-state index contributed by atoms with van der Waals surface area (Å²) in [5, 5.41) is 12.7. The van der Waals surface area contributed by atoms with Crippen LogP contribution in [-0.2, 0) is 4.79 Å². The zero-order valence-electron chi connectivity index (χ0n) is 16.8. The van der Waals surface area contributed by atoms with Gasteiger partial charge in [0.05, 0.1) is 19.1 Å². The van der Waals surface area contributed by atoms with Gasteiger partial charge >= 0.3 is 0 Å². The van der Waals surface area contributed by atoms with Crippen LogP contribution >= 0.6 is 0 Å². The minimum absolute atomic E-state index is 0.104. The summed E-state index contributed by atoms with van der Waals surface area (Å²) in [7, 11) is 1.56. The SMILES string of the molecule is COc1ccc(C(CC(N)=O)C2C(=O)c3ncccc3[NH+]2[O-])cc1OC1CCCC1. The number of rotatable bonds is 7. The Labute approximate surface area is 174 Å². The Balaban J connectivity index is 1.71. The maximum Gasteiger partial charge on any atom is 0.245 e. The minimum atomic E-state index is -1.03. The van der Waals surface area contributed by atoms with Gasteiger partial charge in [-0.05, 0) is 49.4 Å². The summed E-state index contributed by atoms with van der Waals surface area (Å²) in [4.78, 5) is 28.9. The molecule has 1 amide bonds. The Morgan fingerprint density at radius 3 is 2.73 bits per heavy atom. The van der Waals surface area contributed by atoms with E-state index in [-0.39, 0.29) is 34.8 Å². The van der Waals surface area contributed by atoms with Crippen molar-refractivity contribution in [2.24, 2.45) is 5.73 Å². The van der Waals surface area contributed by atoms with Crippen molar-refractivity contribution in [3.05, 3.63) is 53.0 Å². The molecule has 4 rings (SSSR count). The Morgan fingerprint density at radius 2 is 2.07 bits per heavy atom. The summed E-state index contributed by atoms with van der Waals surface area (Å²) in [6, 6.07) is 7.44. The minimum Gasteiger partial charge on any atom is -0.628 e. The van der Waals surface area contributed by atoms with Crippen molar-refractivity contribution in [1.29, 1.82) is 0 Å². The number of quaternary nitrogens is 1. The molecule has 158 valence electrons. The fraction of sp³-hybridized carbons (Fsp3) is 0.409. The number of benzene rings is 1. The smallest absolute Gasteiger partial charge is 0.245 e. The van der Waals surface area contributed by atoms with E-state index in [1.165, 1.54) is 6.20 Å². The highest BCUT2D eigenvalue weighted by atomic mass is 16.5. The molecule has 2 heterocycles. The van der Waals surface area contributed by atoms with E-state index in [0.717, 1.165) is 25.7 Å². The molecule has 0 radical (unpaired) electrons. The summed E-state index contributed by atoms with van der Waals surface area (Å²) in [6.45, 7) is 0. The molecule has 1 fully saturated rings. The number of amides is 1. The lowest BCUT2D eigenvalue weighted by Crippen LogP contribution is -3.06. The molecular weight excluding hydrogens is 386 g/mol. The van der Waals surface area contributed by atoms with Crippen molar-refractivity contribution in [2.75, 3.05) is 7.11 Å². The van der Waals surface area contributed by atoms with Crippen LogP contribution in [-0.4, -0.2) is 35.9 Å². The van der Waals surface area contributed by atoms with Crippen LogP contribution in [0.25, 0.3) is 0 Å². The predicted octanol–water partition coefficient (Wildman–Crippen LogP) is 1.65. The second kappa shape index (κ2) is 8.41. The van der Waals surface area contributed by atoms with E-state index in [0.29, 0.717) is 17.1 Å². The molecule has 1 aromatic carbocycles. The van der Waals surface area contributed by atoms with E-state index in [2.05, 4.69) is 4.98 Å². The van der Waals surface area contributed by atoms with Crippen LogP contribution in [0.5, 0.6) is 11.5 Å². The van der Waals surface area contributed by atoms with Gasteiger partial charge in [-0.1, -0.05) is 6.07 Å². The third-order valence-corrected chi connectivity index (χ3v) is 5.91. The van der Waals surface area contributed by atoms with Crippen molar-refractivity contribution >= 4 is 17.4 Å². The number of hydrogen-bond donors (Lipinski definition) is 2. The topological polar surface area (TPSA) is 119 Å². The fourth-order valence-corrected chi connectivity index (χ4v) is 4.45. The number of aromatic nitrogens is 1. The summed E-state index contributed by atoms with van der Waals surface area (Å²) in [6.07, 6.45) is 5.63. The zero-order valence-corrected chi connectivity index (χ0v) is 16.8. The summed E-state index contributed by atoms with van der Waals surface area (Å²) < 4.78 is 11.6. The molecule has 0 bridgehead atoms. The van der Waals surface area contributed by atoms with Gasteiger partial charge in [-0.25, -0.2) is 4.98 Å². The number of nitrogens with one attached hydrogen (secondary N) is 1. The van der Waals surface area contributed by atoms with Crippen LogP contribution in [0.1, 0.15) is 54.1 Å². The summed E-state index contributed by atoms with van der Waals surface area (Å²) >= 11 is 0. The van der Waals surface area contributed by atoms with Crippen molar-refractivity contribution in [1.82, 2.24) is 4.98 Å². The van der Waals surface area contributed by atoms with E-state index in [4.69, 9.17) is 15.2 Å². The monoisotopic (exact) mass is 411 g/mol. The number of ketones is 1. The molecule has 0 saturated heterocycles. The van der Waals surface area contributed by atoms with Crippen LogP contribution in [0, 0.1) is 5.21 Å². The lowest BCUT2D eigenvalue weighted by molar-refractivity contribution is -0.792. The van der Waals surface area contributed by atoms with E-state index in [1.807, 2.05) is 0 Å². The molecule has 3 atom stereocenters. The van der Waals surface area contributed by atoms with E-state index in [1.54, 1.807) is 37.4 Å². The predicted molar refractivity (Wildman–Crippen MR) is 109 cm³/mol. The van der Waals surface area contributed by atoms with Crippen molar-refractivity contribution in [3.63, 3.8) is 0 Å². The van der Waals surface area contributed by atoms with E-state index in [9.17, 15) is 14.8 Å². The van der Waals surface area contributed by atoms with Crippen molar-refractivity contribution in [3.8, 4) is 11.5 Å². The molecule has 1 aliphatic heterocycles. The summed E-state index contributed by atoms with van der Waals surface area (Å²) in [5.74, 6) is -0.550. The largest absolute Gasteiger partial charge is 0.628 e. The summed E-state index contributed by atoms with van der Waals surface area (Å²) in [5.41, 5.74) is 6.57. The van der Waals surface area contributed by atoms with Crippen LogP contribution in [0.15, 0.2) is 36.5 Å². The second-order valence-electron chi connectivity index (χ2n) is 7.82. The number of Topliss-reactive ketones (excluding diaryl/α,β-unsaturated/α-hetero) is 1. The maximum atomic E-state index is 13.0. The zero-order chi connectivity index (χ0) is 21.3. The van der Waals surface area contributed by atoms with Crippen molar-refractivity contribution in [2.45, 2.75) is 50.2 Å². The third kappa shape index (κ3) is 3.76. The average Bonchev–Trinajstić information content (AvgIpc) is 3.33. The number of pyridine rings is 1. The number of carbonyl (C=O) groups is 2. The molecule has 2 aromatic rings. The van der Waals surface area contributed by atoms with Gasteiger partial charge in [0, 0.05) is 18.7 Å². The van der Waals surface area contributed by atoms with Gasteiger partial charge in [0.15, 0.2) is 28.9 Å². The van der Waals surface area contributed by atoms with Gasteiger partial charge in [-0.2, -0.15) is 0 Å². The molecule has 0 spiro atoms. The first-order valence-electron chi connectivity index (χ1n) is 10.2. The van der Waals surface area contributed by atoms with Crippen molar-refractivity contribution < 1.29 is 24.1 Å². The molecule has 30 heavy (non-hydrogen) atoms. The number of nitrogens with two attached hydrogens (primary N) is 1. The van der Waals surface area contributed by atoms with Crippen LogP contribution in [0.4, 0.5) is 5.69 Å². The lowest BCUT2D eigenvalue weighted by Gasteiger charge is -2.30. The Hall–Kier alpha value is -2.97. The first kappa shape index (κ1) is 20.3. The highest BCUT2D eigenvalue weighted by molar-refractivity contribution is 6.04. The average molecular weight is 411 g/mol. The molecule has 8 heteroatoms. The number of hydrogen-bond acceptors (Lipinski definition) is 6. The van der Waals surface area contributed by atoms with Gasteiger partial charge < -0.3 is 25.5 Å². The van der Waals surface area contributed by atoms with E-state index >= 15 is 0 Å². The Bertz CT molecular complexity index is 958. The van der Waals surface area contributed by atoms with Gasteiger partial charge in [0.2, 0.25) is 11.7 Å². The molecule has 1 saturated carbocycles. The fourth-order valence-electron chi connectivity index (χ4n) is 4.45. The first-order valence-corrected chi connectivity index (χ1v) is 10.2. The Kier molecular flexibility index (Phi) is 5.69. The standard InChI is InChI=1S/C22H25N3O5/c1-29-17-9-8-13(11-18(17)30-14-5-2-3-6-14)15(12-19(23)26)21-22(27)20-16(25(21)28)7-4-10-24-20/h4,7-11,14-15,21,25H,2-3,5-6,12H2,1H3,(H2,23,26). The molecule has 1 aromatic heterocycles. The molecular formula is C22H25N3O5. The number of primary amides is 1.